The SMILES string of the molecule is CCC(C)CCCC/C=C\CCCCCCCC(N)CC. The van der Waals surface area contributed by atoms with Crippen LogP contribution in [-0.4, -0.2) is 6.04 Å². The van der Waals surface area contributed by atoms with Gasteiger partial charge in [-0.05, 0) is 44.4 Å². The number of hydrogen-bond acceptors (Lipinski definition) is 1. The zero-order valence-corrected chi connectivity index (χ0v) is 15.1. The number of hydrogen-bond donors (Lipinski definition) is 1. The molecule has 0 spiro atoms. The largest absolute Gasteiger partial charge is 0.328 e. The first-order valence-corrected chi connectivity index (χ1v) is 9.61. The molecule has 126 valence electrons. The quantitative estimate of drug-likeness (QED) is 0.267. The van der Waals surface area contributed by atoms with E-state index >= 15 is 0 Å². The van der Waals surface area contributed by atoms with Gasteiger partial charge in [0.25, 0.3) is 0 Å². The molecule has 0 radical (unpaired) electrons. The van der Waals surface area contributed by atoms with Crippen LogP contribution in [0.4, 0.5) is 0 Å². The van der Waals surface area contributed by atoms with E-state index in [9.17, 15) is 0 Å². The molecule has 0 rings (SSSR count). The molecule has 21 heavy (non-hydrogen) atoms. The highest BCUT2D eigenvalue weighted by Crippen LogP contribution is 2.13. The van der Waals surface area contributed by atoms with Gasteiger partial charge in [0, 0.05) is 6.04 Å². The van der Waals surface area contributed by atoms with Crippen LogP contribution >= 0.6 is 0 Å². The fourth-order valence-corrected chi connectivity index (χ4v) is 2.60. The van der Waals surface area contributed by atoms with E-state index in [0.717, 1.165) is 12.3 Å². The van der Waals surface area contributed by atoms with E-state index in [1.807, 2.05) is 0 Å². The minimum Gasteiger partial charge on any atom is -0.328 e. The van der Waals surface area contributed by atoms with E-state index in [1.165, 1.54) is 77.0 Å². The second kappa shape index (κ2) is 16.1. The van der Waals surface area contributed by atoms with Crippen molar-refractivity contribution in [3.8, 4) is 0 Å². The molecule has 0 amide bonds. The maximum atomic E-state index is 5.92. The Kier molecular flexibility index (Phi) is 15.8. The lowest BCUT2D eigenvalue weighted by atomic mass is 10.0. The molecule has 0 fully saturated rings. The molecule has 0 aromatic heterocycles. The van der Waals surface area contributed by atoms with Gasteiger partial charge in [0.1, 0.15) is 0 Å². The normalized spacial score (nSPS) is 14.7. The Morgan fingerprint density at radius 3 is 1.86 bits per heavy atom. The van der Waals surface area contributed by atoms with Crippen molar-refractivity contribution in [2.75, 3.05) is 0 Å². The van der Waals surface area contributed by atoms with Crippen molar-refractivity contribution >= 4 is 0 Å². The summed E-state index contributed by atoms with van der Waals surface area (Å²) in [6, 6.07) is 0.438. The lowest BCUT2D eigenvalue weighted by Crippen LogP contribution is -2.17. The molecule has 0 aliphatic rings. The Hall–Kier alpha value is -0.300. The summed E-state index contributed by atoms with van der Waals surface area (Å²) in [5.41, 5.74) is 5.92. The molecule has 0 aliphatic carbocycles. The fourth-order valence-electron chi connectivity index (χ4n) is 2.60. The Morgan fingerprint density at radius 1 is 0.714 bits per heavy atom. The molecule has 2 N–H and O–H groups in total. The van der Waals surface area contributed by atoms with Gasteiger partial charge in [-0.15, -0.1) is 0 Å². The van der Waals surface area contributed by atoms with Crippen LogP contribution in [0.5, 0.6) is 0 Å². The molecule has 0 aromatic carbocycles. The third-order valence-corrected chi connectivity index (χ3v) is 4.65. The molecule has 0 saturated carbocycles. The van der Waals surface area contributed by atoms with Gasteiger partial charge in [-0.3, -0.25) is 0 Å². The number of allylic oxidation sites excluding steroid dienone is 2. The monoisotopic (exact) mass is 295 g/mol. The molecule has 0 heterocycles. The predicted octanol–water partition coefficient (Wildman–Crippen LogP) is 6.62. The molecule has 0 aliphatic heterocycles. The van der Waals surface area contributed by atoms with Crippen LogP contribution in [0.15, 0.2) is 12.2 Å². The van der Waals surface area contributed by atoms with E-state index in [1.54, 1.807) is 0 Å². The van der Waals surface area contributed by atoms with Crippen LogP contribution in [0.1, 0.15) is 104 Å². The highest BCUT2D eigenvalue weighted by atomic mass is 14.6. The van der Waals surface area contributed by atoms with Gasteiger partial charge in [-0.25, -0.2) is 0 Å². The summed E-state index contributed by atoms with van der Waals surface area (Å²) in [4.78, 5) is 0. The van der Waals surface area contributed by atoms with E-state index in [4.69, 9.17) is 5.73 Å². The van der Waals surface area contributed by atoms with Gasteiger partial charge in [-0.2, -0.15) is 0 Å². The first kappa shape index (κ1) is 20.7. The van der Waals surface area contributed by atoms with Crippen molar-refractivity contribution in [1.29, 1.82) is 0 Å². The van der Waals surface area contributed by atoms with Gasteiger partial charge in [0.2, 0.25) is 0 Å². The number of unbranched alkanes of at least 4 members (excludes halogenated alkanes) is 7. The van der Waals surface area contributed by atoms with Crippen LogP contribution in [-0.2, 0) is 0 Å². The molecular weight excluding hydrogens is 254 g/mol. The summed E-state index contributed by atoms with van der Waals surface area (Å²) >= 11 is 0. The van der Waals surface area contributed by atoms with Crippen molar-refractivity contribution in [2.24, 2.45) is 11.7 Å². The third-order valence-electron chi connectivity index (χ3n) is 4.65. The summed E-state index contributed by atoms with van der Waals surface area (Å²) in [5.74, 6) is 0.917. The minimum atomic E-state index is 0.438. The lowest BCUT2D eigenvalue weighted by Gasteiger charge is -2.07. The first-order chi connectivity index (χ1) is 10.2. The third kappa shape index (κ3) is 15.9. The minimum absolute atomic E-state index is 0.438. The van der Waals surface area contributed by atoms with Crippen molar-refractivity contribution < 1.29 is 0 Å². The van der Waals surface area contributed by atoms with Crippen molar-refractivity contribution in [3.05, 3.63) is 12.2 Å². The molecule has 0 aromatic rings. The van der Waals surface area contributed by atoms with Gasteiger partial charge >= 0.3 is 0 Å². The smallest absolute Gasteiger partial charge is 0.00362 e. The van der Waals surface area contributed by atoms with Crippen LogP contribution in [0.2, 0.25) is 0 Å². The molecule has 2 unspecified atom stereocenters. The Morgan fingerprint density at radius 2 is 1.24 bits per heavy atom. The van der Waals surface area contributed by atoms with Crippen LogP contribution in [0, 0.1) is 5.92 Å². The second-order valence-electron chi connectivity index (χ2n) is 6.78. The highest BCUT2D eigenvalue weighted by molar-refractivity contribution is 4.81. The van der Waals surface area contributed by atoms with Gasteiger partial charge < -0.3 is 5.73 Å². The Labute approximate surface area is 134 Å². The van der Waals surface area contributed by atoms with E-state index in [0.29, 0.717) is 6.04 Å². The number of rotatable bonds is 15. The van der Waals surface area contributed by atoms with Crippen LogP contribution in [0.25, 0.3) is 0 Å². The van der Waals surface area contributed by atoms with Crippen molar-refractivity contribution in [3.63, 3.8) is 0 Å². The van der Waals surface area contributed by atoms with Crippen molar-refractivity contribution in [2.45, 2.75) is 110 Å². The second-order valence-corrected chi connectivity index (χ2v) is 6.78. The molecule has 2 atom stereocenters. The predicted molar refractivity (Wildman–Crippen MR) is 97.6 cm³/mol. The average Bonchev–Trinajstić information content (AvgIpc) is 2.51. The maximum absolute atomic E-state index is 5.92. The van der Waals surface area contributed by atoms with Crippen molar-refractivity contribution in [1.82, 2.24) is 0 Å². The molecule has 0 bridgehead atoms. The molecule has 1 heteroatoms. The summed E-state index contributed by atoms with van der Waals surface area (Å²) in [6.45, 7) is 6.84. The average molecular weight is 296 g/mol. The summed E-state index contributed by atoms with van der Waals surface area (Å²) in [5, 5.41) is 0. The standard InChI is InChI=1S/C20H41N/c1-4-19(3)17-15-13-11-9-7-6-8-10-12-14-16-18-20(21)5-2/h7,9,19-20H,4-6,8,10-18,21H2,1-3H3/b9-7-. The van der Waals surface area contributed by atoms with E-state index < -0.39 is 0 Å². The highest BCUT2D eigenvalue weighted by Gasteiger charge is 1.98. The topological polar surface area (TPSA) is 26.0 Å². The maximum Gasteiger partial charge on any atom is 0.00362 e. The van der Waals surface area contributed by atoms with Gasteiger partial charge in [-0.1, -0.05) is 77.9 Å². The summed E-state index contributed by atoms with van der Waals surface area (Å²) in [6.07, 6.45) is 22.0. The van der Waals surface area contributed by atoms with Gasteiger partial charge in [0.05, 0.1) is 0 Å². The summed E-state index contributed by atoms with van der Waals surface area (Å²) in [7, 11) is 0. The zero-order valence-electron chi connectivity index (χ0n) is 15.1. The van der Waals surface area contributed by atoms with E-state index in [2.05, 4.69) is 32.9 Å². The van der Waals surface area contributed by atoms with Gasteiger partial charge in [0.15, 0.2) is 0 Å². The Bertz CT molecular complexity index is 222. The summed E-state index contributed by atoms with van der Waals surface area (Å²) < 4.78 is 0. The molecular formula is C20H41N. The zero-order chi connectivity index (χ0) is 15.8. The van der Waals surface area contributed by atoms with E-state index in [-0.39, 0.29) is 0 Å². The van der Waals surface area contributed by atoms with Crippen LogP contribution in [0.3, 0.4) is 0 Å². The fraction of sp³-hybridized carbons (Fsp3) is 0.900. The molecule has 0 saturated heterocycles. The Balaban J connectivity index is 3.15. The van der Waals surface area contributed by atoms with Crippen LogP contribution < -0.4 is 5.73 Å². The lowest BCUT2D eigenvalue weighted by molar-refractivity contribution is 0.486. The first-order valence-electron chi connectivity index (χ1n) is 9.61. The number of nitrogens with two attached hydrogens (primary N) is 1. The molecule has 1 nitrogen and oxygen atoms in total.